The molecule has 0 bridgehead atoms. The number of rotatable bonds is 4. The number of carbonyl (C=O) groups excluding carboxylic acids is 2. The molecule has 0 fully saturated rings. The van der Waals surface area contributed by atoms with Gasteiger partial charge in [-0.2, -0.15) is 0 Å². The number of anilines is 2. The van der Waals surface area contributed by atoms with Crippen LogP contribution in [-0.2, 0) is 9.59 Å². The first-order valence-electron chi connectivity index (χ1n) is 8.53. The van der Waals surface area contributed by atoms with Crippen molar-refractivity contribution in [2.24, 2.45) is 0 Å². The van der Waals surface area contributed by atoms with Gasteiger partial charge in [-0.15, -0.1) is 22.7 Å². The zero-order valence-electron chi connectivity index (χ0n) is 15.1. The van der Waals surface area contributed by atoms with Crippen molar-refractivity contribution in [3.8, 4) is 22.5 Å². The molecule has 0 aliphatic rings. The van der Waals surface area contributed by atoms with Crippen molar-refractivity contribution in [3.05, 3.63) is 68.2 Å². The van der Waals surface area contributed by atoms with Crippen LogP contribution in [0.15, 0.2) is 68.2 Å². The molecule has 30 heavy (non-hydrogen) atoms. The van der Waals surface area contributed by atoms with E-state index in [2.05, 4.69) is 52.5 Å². The van der Waals surface area contributed by atoms with Crippen molar-refractivity contribution in [2.45, 2.75) is 0 Å². The van der Waals surface area contributed by atoms with E-state index < -0.39 is 11.8 Å². The van der Waals surface area contributed by atoms with E-state index in [0.29, 0.717) is 10.3 Å². The number of benzene rings is 2. The maximum Gasteiger partial charge on any atom is 0.315 e. The van der Waals surface area contributed by atoms with Gasteiger partial charge in [-0.3, -0.25) is 20.2 Å². The molecule has 2 aromatic heterocycles. The maximum absolute atomic E-state index is 12.2. The summed E-state index contributed by atoms with van der Waals surface area (Å²) in [6, 6.07) is 15.3. The molecular weight excluding hydrogens is 552 g/mol. The molecule has 0 spiro atoms. The fourth-order valence-electron chi connectivity index (χ4n) is 2.48. The number of hydrogen-bond donors (Lipinski definition) is 2. The Labute approximate surface area is 196 Å². The predicted octanol–water partition coefficient (Wildman–Crippen LogP) is 6.04. The molecule has 6 nitrogen and oxygen atoms in total. The summed E-state index contributed by atoms with van der Waals surface area (Å²) in [6.45, 7) is 0. The van der Waals surface area contributed by atoms with Crippen LogP contribution in [0.2, 0.25) is 0 Å². The molecule has 0 saturated heterocycles. The van der Waals surface area contributed by atoms with Crippen LogP contribution >= 0.6 is 54.5 Å². The van der Waals surface area contributed by atoms with Gasteiger partial charge in [0.2, 0.25) is 0 Å². The van der Waals surface area contributed by atoms with E-state index in [0.717, 1.165) is 31.5 Å². The van der Waals surface area contributed by atoms with Crippen molar-refractivity contribution >= 4 is 76.6 Å². The van der Waals surface area contributed by atoms with Crippen molar-refractivity contribution in [1.29, 1.82) is 0 Å². The van der Waals surface area contributed by atoms with E-state index in [-0.39, 0.29) is 0 Å². The Morgan fingerprint density at radius 1 is 0.667 bits per heavy atom. The quantitative estimate of drug-likeness (QED) is 0.297. The van der Waals surface area contributed by atoms with E-state index in [4.69, 9.17) is 0 Å². The second-order valence-corrected chi connectivity index (χ2v) is 9.55. The van der Waals surface area contributed by atoms with Gasteiger partial charge in [0.15, 0.2) is 10.3 Å². The average molecular weight is 564 g/mol. The second kappa shape index (κ2) is 9.17. The third-order valence-corrected chi connectivity index (χ3v) is 6.51. The maximum atomic E-state index is 12.2. The molecule has 0 atom stereocenters. The molecule has 2 N–H and O–H groups in total. The van der Waals surface area contributed by atoms with Gasteiger partial charge in [-0.25, -0.2) is 9.97 Å². The molecule has 0 radical (unpaired) electrons. The zero-order chi connectivity index (χ0) is 21.1. The Hall–Kier alpha value is -2.40. The number of aromatic nitrogens is 2. The third-order valence-electron chi connectivity index (χ3n) is 3.94. The smallest absolute Gasteiger partial charge is 0.294 e. The Balaban J connectivity index is 1.38. The highest BCUT2D eigenvalue weighted by atomic mass is 79.9. The molecule has 2 heterocycles. The van der Waals surface area contributed by atoms with Crippen LogP contribution in [-0.4, -0.2) is 21.8 Å². The van der Waals surface area contributed by atoms with Crippen LogP contribution in [0.4, 0.5) is 10.3 Å². The number of nitrogens with zero attached hydrogens (tertiary/aromatic N) is 2. The van der Waals surface area contributed by atoms with E-state index in [9.17, 15) is 9.59 Å². The van der Waals surface area contributed by atoms with Crippen molar-refractivity contribution in [1.82, 2.24) is 9.97 Å². The first-order valence-corrected chi connectivity index (χ1v) is 11.9. The Bertz CT molecular complexity index is 1110. The van der Waals surface area contributed by atoms with E-state index in [1.54, 1.807) is 0 Å². The summed E-state index contributed by atoms with van der Waals surface area (Å²) in [4.78, 5) is 33.2. The van der Waals surface area contributed by atoms with Crippen LogP contribution in [0, 0.1) is 0 Å². The average Bonchev–Trinajstić information content (AvgIpc) is 3.39. The standard InChI is InChI=1S/C20H12Br2N4O2S2/c21-13-5-1-11(2-6-13)15-9-29-19(23-15)25-17(27)18(28)26-20-24-16(10-30-20)12-3-7-14(22)8-4-12/h1-10H,(H,23,25,27)(H,24,26,28). The fraction of sp³-hybridized carbons (Fsp3) is 0. The fourth-order valence-corrected chi connectivity index (χ4v) is 4.43. The van der Waals surface area contributed by atoms with Crippen molar-refractivity contribution < 1.29 is 9.59 Å². The lowest BCUT2D eigenvalue weighted by atomic mass is 10.2. The highest BCUT2D eigenvalue weighted by molar-refractivity contribution is 9.10. The van der Waals surface area contributed by atoms with Gasteiger partial charge in [0.25, 0.3) is 0 Å². The van der Waals surface area contributed by atoms with Crippen LogP contribution in [0.5, 0.6) is 0 Å². The molecule has 10 heteroatoms. The van der Waals surface area contributed by atoms with E-state index >= 15 is 0 Å². The minimum absolute atomic E-state index is 0.350. The van der Waals surface area contributed by atoms with Crippen molar-refractivity contribution in [2.75, 3.05) is 10.6 Å². The third kappa shape index (κ3) is 5.01. The number of carbonyl (C=O) groups is 2. The molecule has 0 aliphatic heterocycles. The summed E-state index contributed by atoms with van der Waals surface area (Å²) in [5.41, 5.74) is 3.29. The zero-order valence-corrected chi connectivity index (χ0v) is 19.9. The lowest BCUT2D eigenvalue weighted by Crippen LogP contribution is -2.28. The summed E-state index contributed by atoms with van der Waals surface area (Å²) < 4.78 is 1.94. The molecule has 0 aliphatic carbocycles. The van der Waals surface area contributed by atoms with Gasteiger partial charge in [0.05, 0.1) is 11.4 Å². The molecular formula is C20H12Br2N4O2S2. The highest BCUT2D eigenvalue weighted by Gasteiger charge is 2.18. The molecule has 0 saturated carbocycles. The number of nitrogens with one attached hydrogen (secondary N) is 2. The van der Waals surface area contributed by atoms with Crippen LogP contribution in [0.1, 0.15) is 0 Å². The van der Waals surface area contributed by atoms with Gasteiger partial charge in [0, 0.05) is 30.8 Å². The number of amides is 2. The van der Waals surface area contributed by atoms with E-state index in [1.807, 2.05) is 59.3 Å². The molecule has 2 aromatic carbocycles. The van der Waals surface area contributed by atoms with Gasteiger partial charge in [0.1, 0.15) is 0 Å². The first-order chi connectivity index (χ1) is 14.5. The lowest BCUT2D eigenvalue weighted by molar-refractivity contribution is -0.132. The number of thiazole rings is 2. The summed E-state index contributed by atoms with van der Waals surface area (Å²) in [7, 11) is 0. The summed E-state index contributed by atoms with van der Waals surface area (Å²) in [5, 5.41) is 9.40. The SMILES string of the molecule is O=C(Nc1nc(-c2ccc(Br)cc2)cs1)C(=O)Nc1nc(-c2ccc(Br)cc2)cs1. The summed E-state index contributed by atoms with van der Waals surface area (Å²) in [6.07, 6.45) is 0. The highest BCUT2D eigenvalue weighted by Crippen LogP contribution is 2.27. The Morgan fingerprint density at radius 2 is 1.03 bits per heavy atom. The van der Waals surface area contributed by atoms with Crippen LogP contribution in [0.25, 0.3) is 22.5 Å². The minimum atomic E-state index is -0.799. The van der Waals surface area contributed by atoms with Gasteiger partial charge in [-0.05, 0) is 24.3 Å². The molecule has 4 aromatic rings. The largest absolute Gasteiger partial charge is 0.315 e. The first kappa shape index (κ1) is 20.9. The van der Waals surface area contributed by atoms with Crippen molar-refractivity contribution in [3.63, 3.8) is 0 Å². The molecule has 150 valence electrons. The lowest BCUT2D eigenvalue weighted by Gasteiger charge is -2.02. The van der Waals surface area contributed by atoms with Crippen LogP contribution < -0.4 is 10.6 Å². The van der Waals surface area contributed by atoms with Gasteiger partial charge >= 0.3 is 11.8 Å². The number of halogens is 2. The Morgan fingerprint density at radius 3 is 1.40 bits per heavy atom. The summed E-state index contributed by atoms with van der Waals surface area (Å²) in [5.74, 6) is -1.60. The molecule has 0 unspecified atom stereocenters. The monoisotopic (exact) mass is 562 g/mol. The normalized spacial score (nSPS) is 10.6. The summed E-state index contributed by atoms with van der Waals surface area (Å²) >= 11 is 9.29. The van der Waals surface area contributed by atoms with E-state index in [1.165, 1.54) is 22.7 Å². The number of hydrogen-bond acceptors (Lipinski definition) is 6. The predicted molar refractivity (Wildman–Crippen MR) is 128 cm³/mol. The minimum Gasteiger partial charge on any atom is -0.294 e. The Kier molecular flexibility index (Phi) is 6.38. The second-order valence-electron chi connectivity index (χ2n) is 6.00. The topological polar surface area (TPSA) is 84.0 Å². The van der Waals surface area contributed by atoms with Gasteiger partial charge in [-0.1, -0.05) is 56.1 Å². The molecule has 2 amide bonds. The molecule has 4 rings (SSSR count). The van der Waals surface area contributed by atoms with Crippen LogP contribution in [0.3, 0.4) is 0 Å². The van der Waals surface area contributed by atoms with Gasteiger partial charge < -0.3 is 0 Å².